The number of carbonyl (C=O) groups excluding carboxylic acids is 1. The number of amides is 1. The van der Waals surface area contributed by atoms with E-state index in [2.05, 4.69) is 5.32 Å². The maximum Gasteiger partial charge on any atom is 0.321 e. The highest BCUT2D eigenvalue weighted by Crippen LogP contribution is 2.20. The van der Waals surface area contributed by atoms with Crippen molar-refractivity contribution in [1.29, 1.82) is 0 Å². The van der Waals surface area contributed by atoms with Gasteiger partial charge in [-0.05, 0) is 30.3 Å². The molecule has 1 aromatic heterocycles. The Kier molecular flexibility index (Phi) is 5.60. The first-order chi connectivity index (χ1) is 13.4. The molecule has 0 spiro atoms. The average Bonchev–Trinajstić information content (AvgIpc) is 2.68. The fraction of sp³-hybridized carbons (Fsp3) is 0.105. The summed E-state index contributed by atoms with van der Waals surface area (Å²) in [6.45, 7) is -0.393. The number of nitrogens with zero attached hydrogens (tertiary/aromatic N) is 2. The topological polar surface area (TPSA) is 82.3 Å². The highest BCUT2D eigenvalue weighted by Gasteiger charge is 2.13. The van der Waals surface area contributed by atoms with Crippen LogP contribution in [0.1, 0.15) is 0 Å². The molecule has 9 heteroatoms. The molecule has 0 fully saturated rings. The summed E-state index contributed by atoms with van der Waals surface area (Å²) < 4.78 is 20.5. The van der Waals surface area contributed by atoms with Crippen molar-refractivity contribution in [2.24, 2.45) is 0 Å². The molecular weight excluding hydrogens is 389 g/mol. The second-order valence-corrected chi connectivity index (χ2v) is 6.16. The van der Waals surface area contributed by atoms with Crippen LogP contribution in [0, 0.1) is 5.82 Å². The number of nitrogens with one attached hydrogen (secondary N) is 1. The molecule has 3 rings (SSSR count). The fourth-order valence-corrected chi connectivity index (χ4v) is 2.76. The summed E-state index contributed by atoms with van der Waals surface area (Å²) in [5.41, 5.74) is -1.03. The maximum atomic E-state index is 13.2. The number of benzene rings is 2. The summed E-state index contributed by atoms with van der Waals surface area (Å²) in [6.07, 6.45) is 2.71. The molecule has 144 valence electrons. The number of hydrogen-bond acceptors (Lipinski definition) is 4. The Morgan fingerprint density at radius 1 is 1.14 bits per heavy atom. The van der Waals surface area contributed by atoms with E-state index in [4.69, 9.17) is 16.3 Å². The number of aromatic nitrogens is 2. The quantitative estimate of drug-likeness (QED) is 0.663. The van der Waals surface area contributed by atoms with E-state index in [9.17, 15) is 18.8 Å². The van der Waals surface area contributed by atoms with Crippen molar-refractivity contribution in [3.63, 3.8) is 0 Å². The van der Waals surface area contributed by atoms with Gasteiger partial charge in [-0.25, -0.2) is 4.39 Å². The third-order valence-electron chi connectivity index (χ3n) is 3.92. The highest BCUT2D eigenvalue weighted by molar-refractivity contribution is 6.31. The number of halogens is 2. The second-order valence-electron chi connectivity index (χ2n) is 5.76. The van der Waals surface area contributed by atoms with Crippen molar-refractivity contribution < 1.29 is 13.9 Å². The molecule has 0 radical (unpaired) electrons. The van der Waals surface area contributed by atoms with Crippen LogP contribution in [0.15, 0.2) is 64.4 Å². The van der Waals surface area contributed by atoms with E-state index in [1.165, 1.54) is 31.6 Å². The van der Waals surface area contributed by atoms with Crippen LogP contribution in [0.3, 0.4) is 0 Å². The van der Waals surface area contributed by atoms with E-state index in [1.54, 1.807) is 24.3 Å². The minimum absolute atomic E-state index is 0.144. The van der Waals surface area contributed by atoms with E-state index >= 15 is 0 Å². The maximum absolute atomic E-state index is 13.2. The van der Waals surface area contributed by atoms with E-state index in [-0.39, 0.29) is 10.7 Å². The van der Waals surface area contributed by atoms with Gasteiger partial charge in [0.1, 0.15) is 18.1 Å². The number of methoxy groups -OCH3 is 1. The summed E-state index contributed by atoms with van der Waals surface area (Å²) in [5.74, 6) is -0.761. The molecule has 3 aromatic rings. The first-order valence-electron chi connectivity index (χ1n) is 8.11. The molecule has 0 atom stereocenters. The molecule has 1 amide bonds. The molecular formula is C19H15ClFN3O4. The average molecular weight is 404 g/mol. The van der Waals surface area contributed by atoms with E-state index in [0.717, 1.165) is 15.2 Å². The van der Waals surface area contributed by atoms with Crippen LogP contribution in [0.4, 0.5) is 10.1 Å². The van der Waals surface area contributed by atoms with Gasteiger partial charge in [-0.1, -0.05) is 23.7 Å². The first-order valence-corrected chi connectivity index (χ1v) is 8.49. The molecule has 0 saturated carbocycles. The van der Waals surface area contributed by atoms with Gasteiger partial charge in [0.05, 0.1) is 17.8 Å². The Morgan fingerprint density at radius 3 is 2.61 bits per heavy atom. The Bertz CT molecular complexity index is 1160. The summed E-state index contributed by atoms with van der Waals surface area (Å²) in [4.78, 5) is 37.0. The van der Waals surface area contributed by atoms with Gasteiger partial charge in [0.25, 0.3) is 0 Å². The first kappa shape index (κ1) is 19.4. The van der Waals surface area contributed by atoms with Gasteiger partial charge in [0.15, 0.2) is 0 Å². The molecule has 7 nitrogen and oxygen atoms in total. The van der Waals surface area contributed by atoms with Crippen LogP contribution >= 0.6 is 11.6 Å². The van der Waals surface area contributed by atoms with Crippen LogP contribution in [0.5, 0.6) is 5.75 Å². The highest BCUT2D eigenvalue weighted by atomic mass is 35.5. The lowest BCUT2D eigenvalue weighted by Gasteiger charge is -2.12. The molecule has 1 heterocycles. The number of ether oxygens (including phenoxy) is 1. The number of carbonyl (C=O) groups is 1. The van der Waals surface area contributed by atoms with Gasteiger partial charge < -0.3 is 10.1 Å². The number of para-hydroxylation sites is 2. The van der Waals surface area contributed by atoms with Crippen molar-refractivity contribution in [3.8, 4) is 11.4 Å². The zero-order chi connectivity index (χ0) is 20.3. The fourth-order valence-electron chi connectivity index (χ4n) is 2.58. The van der Waals surface area contributed by atoms with Gasteiger partial charge in [-0.3, -0.25) is 23.5 Å². The van der Waals surface area contributed by atoms with Gasteiger partial charge in [0.2, 0.25) is 5.91 Å². The minimum atomic E-state index is -0.874. The van der Waals surface area contributed by atoms with Crippen molar-refractivity contribution >= 4 is 23.2 Å². The Labute approximate surface area is 163 Å². The van der Waals surface area contributed by atoms with Crippen LogP contribution in [-0.4, -0.2) is 22.2 Å². The number of anilines is 1. The van der Waals surface area contributed by atoms with Crippen LogP contribution in [-0.2, 0) is 11.3 Å². The molecule has 0 aliphatic heterocycles. The molecule has 0 bridgehead atoms. The SMILES string of the molecule is COc1ccccc1-n1ccn(CC(=O)Nc2ccc(F)c(Cl)c2)c(=O)c1=O. The number of rotatable bonds is 5. The Hall–Kier alpha value is -3.39. The Morgan fingerprint density at radius 2 is 1.89 bits per heavy atom. The molecule has 0 saturated heterocycles. The van der Waals surface area contributed by atoms with Crippen molar-refractivity contribution in [1.82, 2.24) is 9.13 Å². The lowest BCUT2D eigenvalue weighted by molar-refractivity contribution is -0.116. The summed E-state index contributed by atoms with van der Waals surface area (Å²) in [7, 11) is 1.46. The summed E-state index contributed by atoms with van der Waals surface area (Å²) in [5, 5.41) is 2.35. The standard InChI is InChI=1S/C19H15ClFN3O4/c1-28-16-5-3-2-4-15(16)24-9-8-23(18(26)19(24)27)11-17(25)22-12-6-7-14(21)13(20)10-12/h2-10H,11H2,1H3,(H,22,25). The van der Waals surface area contributed by atoms with E-state index < -0.39 is 29.4 Å². The van der Waals surface area contributed by atoms with Gasteiger partial charge in [-0.2, -0.15) is 0 Å². The minimum Gasteiger partial charge on any atom is -0.495 e. The van der Waals surface area contributed by atoms with Crippen LogP contribution in [0.2, 0.25) is 5.02 Å². The third kappa shape index (κ3) is 3.96. The third-order valence-corrected chi connectivity index (χ3v) is 4.21. The number of hydrogen-bond donors (Lipinski definition) is 1. The molecule has 0 aliphatic rings. The van der Waals surface area contributed by atoms with Crippen molar-refractivity contribution in [3.05, 3.63) is 86.4 Å². The Balaban J connectivity index is 1.85. The van der Waals surface area contributed by atoms with E-state index in [0.29, 0.717) is 11.4 Å². The zero-order valence-electron chi connectivity index (χ0n) is 14.7. The van der Waals surface area contributed by atoms with Crippen LogP contribution in [0.25, 0.3) is 5.69 Å². The largest absolute Gasteiger partial charge is 0.495 e. The monoisotopic (exact) mass is 403 g/mol. The smallest absolute Gasteiger partial charge is 0.321 e. The lowest BCUT2D eigenvalue weighted by atomic mass is 10.3. The van der Waals surface area contributed by atoms with Gasteiger partial charge in [0, 0.05) is 18.1 Å². The summed E-state index contributed by atoms with van der Waals surface area (Å²) in [6, 6.07) is 10.4. The molecule has 28 heavy (non-hydrogen) atoms. The van der Waals surface area contributed by atoms with Gasteiger partial charge in [-0.15, -0.1) is 0 Å². The van der Waals surface area contributed by atoms with Crippen LogP contribution < -0.4 is 21.2 Å². The molecule has 0 unspecified atom stereocenters. The molecule has 1 N–H and O–H groups in total. The zero-order valence-corrected chi connectivity index (χ0v) is 15.4. The van der Waals surface area contributed by atoms with Gasteiger partial charge >= 0.3 is 11.1 Å². The summed E-state index contributed by atoms with van der Waals surface area (Å²) >= 11 is 5.67. The van der Waals surface area contributed by atoms with E-state index in [1.807, 2.05) is 0 Å². The molecule has 2 aromatic carbocycles. The second kappa shape index (κ2) is 8.10. The lowest BCUT2D eigenvalue weighted by Crippen LogP contribution is -2.41. The normalized spacial score (nSPS) is 10.5. The molecule has 0 aliphatic carbocycles. The predicted molar refractivity (Wildman–Crippen MR) is 103 cm³/mol. The van der Waals surface area contributed by atoms with Crippen molar-refractivity contribution in [2.45, 2.75) is 6.54 Å². The van der Waals surface area contributed by atoms with Crippen molar-refractivity contribution in [2.75, 3.05) is 12.4 Å². The predicted octanol–water partition coefficient (Wildman–Crippen LogP) is 2.44.